The lowest BCUT2D eigenvalue weighted by atomic mass is 9.94. The second kappa shape index (κ2) is 10.7. The van der Waals surface area contributed by atoms with Crippen molar-refractivity contribution in [3.8, 4) is 39.7 Å². The summed E-state index contributed by atoms with van der Waals surface area (Å²) in [7, 11) is 0. The molecule has 0 bridgehead atoms. The number of phenolic OH excluding ortho intramolecular Hbond substituents is 1. The zero-order valence-corrected chi connectivity index (χ0v) is 22.5. The molecule has 2 aromatic carbocycles. The van der Waals surface area contributed by atoms with E-state index >= 15 is 0 Å². The number of halogens is 1. The minimum Gasteiger partial charge on any atom is -0.508 e. The van der Waals surface area contributed by atoms with Gasteiger partial charge in [0, 0.05) is 35.2 Å². The standard InChI is InChI=1S/C31H27FN8O2/c32-20-9-18(11-22(41)12-20)23-2-1-3-25-29(23)38-31(37-25)30-24-13-26(35-16-27(24)39-40-30)19-10-21(15-34-14-19)36-28(42)8-17-4-6-33-7-5-17/h1-3,9-17,33,41H,4-8H2,(H,36,42)(H,37,38)(H,39,40). The van der Waals surface area contributed by atoms with Crippen LogP contribution in [0.2, 0.25) is 0 Å². The van der Waals surface area contributed by atoms with Crippen LogP contribution < -0.4 is 10.6 Å². The highest BCUT2D eigenvalue weighted by molar-refractivity contribution is 5.98. The van der Waals surface area contributed by atoms with Crippen LogP contribution in [-0.4, -0.2) is 54.2 Å². The highest BCUT2D eigenvalue weighted by Gasteiger charge is 2.19. The van der Waals surface area contributed by atoms with Crippen LogP contribution in [0.25, 0.3) is 55.8 Å². The Morgan fingerprint density at radius 3 is 2.76 bits per heavy atom. The smallest absolute Gasteiger partial charge is 0.224 e. The zero-order valence-electron chi connectivity index (χ0n) is 22.5. The molecule has 5 N–H and O–H groups in total. The molecular formula is C31H27FN8O2. The van der Waals surface area contributed by atoms with Gasteiger partial charge in [0.25, 0.3) is 0 Å². The van der Waals surface area contributed by atoms with E-state index in [9.17, 15) is 14.3 Å². The number of H-pyrrole nitrogens is 2. The SMILES string of the molecule is O=C(CC1CCNCC1)Nc1cncc(-c2cc3c(-c4nc5c(-c6cc(O)cc(F)c6)cccc5[nH]4)n[nH]c3cn2)c1. The molecule has 0 radical (unpaired) electrons. The van der Waals surface area contributed by atoms with Crippen LogP contribution in [0, 0.1) is 11.7 Å². The van der Waals surface area contributed by atoms with Crippen molar-refractivity contribution in [1.82, 2.24) is 35.5 Å². The van der Waals surface area contributed by atoms with E-state index in [1.165, 1.54) is 12.1 Å². The number of imidazole rings is 1. The fourth-order valence-corrected chi connectivity index (χ4v) is 5.57. The number of nitrogens with one attached hydrogen (secondary N) is 4. The van der Waals surface area contributed by atoms with Crippen molar-refractivity contribution in [2.45, 2.75) is 19.3 Å². The number of phenols is 1. The number of anilines is 1. The minimum absolute atomic E-state index is 0.0147. The summed E-state index contributed by atoms with van der Waals surface area (Å²) in [6, 6.07) is 13.3. The molecule has 0 spiro atoms. The Morgan fingerprint density at radius 2 is 1.90 bits per heavy atom. The average Bonchev–Trinajstić information content (AvgIpc) is 3.61. The van der Waals surface area contributed by atoms with Crippen molar-refractivity contribution >= 4 is 33.5 Å². The van der Waals surface area contributed by atoms with Crippen LogP contribution in [0.1, 0.15) is 19.3 Å². The number of carbonyl (C=O) groups is 1. The number of aromatic nitrogens is 6. The van der Waals surface area contributed by atoms with Crippen molar-refractivity contribution in [3.63, 3.8) is 0 Å². The van der Waals surface area contributed by atoms with Crippen LogP contribution in [-0.2, 0) is 4.79 Å². The number of amides is 1. The number of benzene rings is 2. The summed E-state index contributed by atoms with van der Waals surface area (Å²) in [6.07, 6.45) is 7.54. The second-order valence-corrected chi connectivity index (χ2v) is 10.6. The van der Waals surface area contributed by atoms with Crippen molar-refractivity contribution in [1.29, 1.82) is 0 Å². The molecule has 1 aliphatic heterocycles. The fourth-order valence-electron chi connectivity index (χ4n) is 5.57. The van der Waals surface area contributed by atoms with Gasteiger partial charge in [0.15, 0.2) is 5.82 Å². The van der Waals surface area contributed by atoms with E-state index in [4.69, 9.17) is 4.98 Å². The molecule has 6 aromatic rings. The lowest BCUT2D eigenvalue weighted by Crippen LogP contribution is -2.30. The highest BCUT2D eigenvalue weighted by Crippen LogP contribution is 2.34. The molecule has 1 fully saturated rings. The molecule has 0 atom stereocenters. The number of hydrogen-bond donors (Lipinski definition) is 5. The molecule has 4 aromatic heterocycles. The van der Waals surface area contributed by atoms with Gasteiger partial charge in [-0.15, -0.1) is 0 Å². The normalized spacial score (nSPS) is 14.0. The van der Waals surface area contributed by atoms with Gasteiger partial charge >= 0.3 is 0 Å². The number of rotatable bonds is 6. The van der Waals surface area contributed by atoms with E-state index in [1.54, 1.807) is 18.6 Å². The zero-order chi connectivity index (χ0) is 28.6. The Balaban J connectivity index is 1.20. The highest BCUT2D eigenvalue weighted by atomic mass is 19.1. The van der Waals surface area contributed by atoms with Crippen LogP contribution in [0.15, 0.2) is 67.1 Å². The Kier molecular flexibility index (Phi) is 6.55. The Bertz CT molecular complexity index is 1920. The number of nitrogens with zero attached hydrogens (tertiary/aromatic N) is 4. The first-order valence-corrected chi connectivity index (χ1v) is 13.8. The van der Waals surface area contributed by atoms with Crippen LogP contribution >= 0.6 is 0 Å². The number of pyridine rings is 2. The second-order valence-electron chi connectivity index (χ2n) is 10.6. The monoisotopic (exact) mass is 562 g/mol. The number of aromatic amines is 2. The number of hydrogen-bond acceptors (Lipinski definition) is 7. The van der Waals surface area contributed by atoms with Crippen LogP contribution in [0.3, 0.4) is 0 Å². The first-order valence-electron chi connectivity index (χ1n) is 13.8. The van der Waals surface area contributed by atoms with E-state index in [2.05, 4.69) is 35.8 Å². The first kappa shape index (κ1) is 25.8. The maximum absolute atomic E-state index is 14.0. The largest absolute Gasteiger partial charge is 0.508 e. The minimum atomic E-state index is -0.531. The number of carbonyl (C=O) groups excluding carboxylic acids is 1. The van der Waals surface area contributed by atoms with Gasteiger partial charge in [0.1, 0.15) is 17.3 Å². The molecular weight excluding hydrogens is 535 g/mol. The summed E-state index contributed by atoms with van der Waals surface area (Å²) in [5, 5.41) is 24.6. The summed E-state index contributed by atoms with van der Waals surface area (Å²) >= 11 is 0. The van der Waals surface area contributed by atoms with Crippen molar-refractivity contribution in [2.75, 3.05) is 18.4 Å². The van der Waals surface area contributed by atoms with Gasteiger partial charge in [0.2, 0.25) is 5.91 Å². The molecule has 0 unspecified atom stereocenters. The van der Waals surface area contributed by atoms with Gasteiger partial charge in [-0.1, -0.05) is 12.1 Å². The summed E-state index contributed by atoms with van der Waals surface area (Å²) in [5.41, 5.74) is 5.92. The average molecular weight is 563 g/mol. The van der Waals surface area contributed by atoms with Crippen molar-refractivity contribution < 1.29 is 14.3 Å². The third-order valence-electron chi connectivity index (χ3n) is 7.63. The molecule has 7 rings (SSSR count). The van der Waals surface area contributed by atoms with Gasteiger partial charge in [0.05, 0.1) is 40.3 Å². The Labute approximate surface area is 239 Å². The van der Waals surface area contributed by atoms with Crippen LogP contribution in [0.4, 0.5) is 10.1 Å². The summed E-state index contributed by atoms with van der Waals surface area (Å²) < 4.78 is 14.0. The number of aromatic hydroxyl groups is 1. The van der Waals surface area contributed by atoms with E-state index in [0.717, 1.165) is 54.0 Å². The Morgan fingerprint density at radius 1 is 1.02 bits per heavy atom. The summed E-state index contributed by atoms with van der Waals surface area (Å²) in [6.45, 7) is 1.90. The quantitative estimate of drug-likeness (QED) is 0.183. The fraction of sp³-hybridized carbons (Fsp3) is 0.194. The Hall–Kier alpha value is -5.16. The molecule has 1 aliphatic rings. The third kappa shape index (κ3) is 5.06. The van der Waals surface area contributed by atoms with Crippen molar-refractivity contribution in [3.05, 3.63) is 72.9 Å². The molecule has 0 saturated carbocycles. The van der Waals surface area contributed by atoms with Gasteiger partial charge in [-0.2, -0.15) is 5.10 Å². The molecule has 0 aliphatic carbocycles. The molecule has 10 nitrogen and oxygen atoms in total. The molecule has 42 heavy (non-hydrogen) atoms. The lowest BCUT2D eigenvalue weighted by Gasteiger charge is -2.21. The van der Waals surface area contributed by atoms with Gasteiger partial charge in [-0.3, -0.25) is 19.9 Å². The molecule has 210 valence electrons. The van der Waals surface area contributed by atoms with E-state index in [-0.39, 0.29) is 11.7 Å². The summed E-state index contributed by atoms with van der Waals surface area (Å²) in [4.78, 5) is 29.7. The van der Waals surface area contributed by atoms with Gasteiger partial charge < -0.3 is 20.7 Å². The number of fused-ring (bicyclic) bond motifs is 2. The van der Waals surface area contributed by atoms with Crippen LogP contribution in [0.5, 0.6) is 5.75 Å². The summed E-state index contributed by atoms with van der Waals surface area (Å²) in [5.74, 6) is 0.214. The van der Waals surface area contributed by atoms with Crippen molar-refractivity contribution in [2.24, 2.45) is 5.92 Å². The first-order chi connectivity index (χ1) is 20.5. The predicted molar refractivity (Wildman–Crippen MR) is 158 cm³/mol. The predicted octanol–water partition coefficient (Wildman–Crippen LogP) is 5.40. The third-order valence-corrected chi connectivity index (χ3v) is 7.63. The van der Waals surface area contributed by atoms with E-state index in [0.29, 0.717) is 51.9 Å². The molecule has 5 heterocycles. The molecule has 1 amide bonds. The lowest BCUT2D eigenvalue weighted by molar-refractivity contribution is -0.117. The molecule has 1 saturated heterocycles. The maximum atomic E-state index is 14.0. The molecule has 11 heteroatoms. The topological polar surface area (TPSA) is 144 Å². The van der Waals surface area contributed by atoms with Gasteiger partial charge in [-0.05, 0) is 67.7 Å². The van der Waals surface area contributed by atoms with Gasteiger partial charge in [-0.25, -0.2) is 9.37 Å². The number of para-hydroxylation sites is 1. The maximum Gasteiger partial charge on any atom is 0.224 e. The van der Waals surface area contributed by atoms with E-state index < -0.39 is 5.82 Å². The number of piperidine rings is 1. The van der Waals surface area contributed by atoms with E-state index in [1.807, 2.05) is 30.3 Å².